The minimum Gasteiger partial charge on any atom is -0.488 e. The van der Waals surface area contributed by atoms with Gasteiger partial charge in [-0.25, -0.2) is 4.39 Å². The Morgan fingerprint density at radius 1 is 1.33 bits per heavy atom. The van der Waals surface area contributed by atoms with Crippen molar-refractivity contribution in [2.45, 2.75) is 19.6 Å². The lowest BCUT2D eigenvalue weighted by Crippen LogP contribution is -2.01. The number of para-hydroxylation sites is 1. The maximum Gasteiger partial charge on any atom is 0.141 e. The maximum atomic E-state index is 12.9. The number of rotatable bonds is 4. The molecule has 1 heterocycles. The second kappa shape index (κ2) is 5.60. The highest BCUT2D eigenvalue weighted by Gasteiger charge is 2.08. The number of halogens is 1. The molecule has 0 saturated carbocycles. The number of pyridine rings is 1. The molecule has 1 aromatic carbocycles. The van der Waals surface area contributed by atoms with Crippen LogP contribution in [0.5, 0.6) is 5.75 Å². The summed E-state index contributed by atoms with van der Waals surface area (Å²) in [5.74, 6) is 0.205. The van der Waals surface area contributed by atoms with E-state index in [2.05, 4.69) is 4.98 Å². The van der Waals surface area contributed by atoms with E-state index in [0.717, 1.165) is 6.20 Å². The van der Waals surface area contributed by atoms with Gasteiger partial charge in [0.25, 0.3) is 0 Å². The van der Waals surface area contributed by atoms with Crippen molar-refractivity contribution in [2.24, 2.45) is 0 Å². The zero-order valence-corrected chi connectivity index (χ0v) is 10.0. The highest BCUT2D eigenvalue weighted by Crippen LogP contribution is 2.25. The third-order valence-electron chi connectivity index (χ3n) is 2.52. The van der Waals surface area contributed by atoms with Gasteiger partial charge >= 0.3 is 0 Å². The Hall–Kier alpha value is -1.94. The van der Waals surface area contributed by atoms with Gasteiger partial charge in [0.05, 0.1) is 12.3 Å². The van der Waals surface area contributed by atoms with E-state index in [1.54, 1.807) is 25.3 Å². The second-order valence-electron chi connectivity index (χ2n) is 4.01. The molecule has 94 valence electrons. The predicted octanol–water partition coefficient (Wildman–Crippen LogP) is 2.85. The number of aliphatic hydroxyl groups excluding tert-OH is 1. The first kappa shape index (κ1) is 12.5. The molecule has 0 aliphatic carbocycles. The zero-order chi connectivity index (χ0) is 13.0. The Bertz CT molecular complexity index is 529. The molecule has 2 rings (SSSR count). The number of aliphatic hydroxyl groups is 1. The van der Waals surface area contributed by atoms with E-state index in [1.807, 2.05) is 12.1 Å². The lowest BCUT2D eigenvalue weighted by atomic mass is 10.1. The Morgan fingerprint density at radius 3 is 2.83 bits per heavy atom. The number of hydrogen-bond acceptors (Lipinski definition) is 3. The van der Waals surface area contributed by atoms with Crippen LogP contribution in [-0.2, 0) is 6.61 Å². The van der Waals surface area contributed by atoms with E-state index in [1.165, 1.54) is 6.07 Å². The molecule has 1 aromatic heterocycles. The molecule has 0 amide bonds. The summed E-state index contributed by atoms with van der Waals surface area (Å²) in [5, 5.41) is 9.59. The third kappa shape index (κ3) is 3.05. The summed E-state index contributed by atoms with van der Waals surface area (Å²) < 4.78 is 18.5. The minimum atomic E-state index is -0.605. The van der Waals surface area contributed by atoms with Crippen molar-refractivity contribution in [2.75, 3.05) is 0 Å². The van der Waals surface area contributed by atoms with Crippen molar-refractivity contribution in [1.29, 1.82) is 0 Å². The fourth-order valence-electron chi connectivity index (χ4n) is 1.65. The average molecular weight is 247 g/mol. The molecule has 18 heavy (non-hydrogen) atoms. The van der Waals surface area contributed by atoms with E-state index in [4.69, 9.17) is 4.74 Å². The van der Waals surface area contributed by atoms with Crippen molar-refractivity contribution >= 4 is 0 Å². The van der Waals surface area contributed by atoms with Crippen molar-refractivity contribution in [3.8, 4) is 5.75 Å². The highest BCUT2D eigenvalue weighted by atomic mass is 19.1. The van der Waals surface area contributed by atoms with E-state index in [-0.39, 0.29) is 12.4 Å². The molecule has 1 N–H and O–H groups in total. The summed E-state index contributed by atoms with van der Waals surface area (Å²) in [6.07, 6.45) is 2.09. The van der Waals surface area contributed by atoms with Crippen molar-refractivity contribution in [3.05, 3.63) is 59.7 Å². The Balaban J connectivity index is 2.11. The molecule has 0 aliphatic heterocycles. The molecule has 0 bridgehead atoms. The average Bonchev–Trinajstić information content (AvgIpc) is 2.37. The second-order valence-corrected chi connectivity index (χ2v) is 4.01. The van der Waals surface area contributed by atoms with Crippen LogP contribution in [0.25, 0.3) is 0 Å². The quantitative estimate of drug-likeness (QED) is 0.903. The van der Waals surface area contributed by atoms with Crippen molar-refractivity contribution in [3.63, 3.8) is 0 Å². The molecular formula is C14H14FNO2. The van der Waals surface area contributed by atoms with Gasteiger partial charge in [0, 0.05) is 17.3 Å². The summed E-state index contributed by atoms with van der Waals surface area (Å²) in [5.41, 5.74) is 1.36. The van der Waals surface area contributed by atoms with Crippen LogP contribution in [0.4, 0.5) is 4.39 Å². The molecule has 1 atom stereocenters. The molecule has 0 aliphatic rings. The van der Waals surface area contributed by atoms with Crippen LogP contribution in [0.2, 0.25) is 0 Å². The maximum absolute atomic E-state index is 12.9. The largest absolute Gasteiger partial charge is 0.488 e. The van der Waals surface area contributed by atoms with Crippen LogP contribution < -0.4 is 4.74 Å². The molecule has 0 saturated heterocycles. The standard InChI is InChI=1S/C14H14FNO2/c1-10(17)13-4-2-3-5-14(13)18-9-11-6-12(15)8-16-7-11/h2-8,10,17H,9H2,1H3/t10-/m0/s1. The zero-order valence-electron chi connectivity index (χ0n) is 10.0. The normalized spacial score (nSPS) is 12.2. The van der Waals surface area contributed by atoms with Crippen LogP contribution in [0, 0.1) is 5.82 Å². The molecule has 2 aromatic rings. The van der Waals surface area contributed by atoms with E-state index < -0.39 is 6.10 Å². The number of nitrogens with zero attached hydrogens (tertiary/aromatic N) is 1. The molecule has 0 radical (unpaired) electrons. The lowest BCUT2D eigenvalue weighted by molar-refractivity contribution is 0.190. The van der Waals surface area contributed by atoms with Crippen LogP contribution in [-0.4, -0.2) is 10.1 Å². The molecule has 3 nitrogen and oxygen atoms in total. The third-order valence-corrected chi connectivity index (χ3v) is 2.52. The number of aromatic nitrogens is 1. The Kier molecular flexibility index (Phi) is 3.89. The minimum absolute atomic E-state index is 0.217. The topological polar surface area (TPSA) is 42.4 Å². The number of benzene rings is 1. The van der Waals surface area contributed by atoms with Gasteiger partial charge in [-0.05, 0) is 19.1 Å². The first-order valence-corrected chi connectivity index (χ1v) is 5.66. The van der Waals surface area contributed by atoms with Crippen molar-refractivity contribution < 1.29 is 14.2 Å². The van der Waals surface area contributed by atoms with Crippen molar-refractivity contribution in [1.82, 2.24) is 4.98 Å². The van der Waals surface area contributed by atoms with E-state index in [9.17, 15) is 9.50 Å². The predicted molar refractivity (Wildman–Crippen MR) is 65.6 cm³/mol. The van der Waals surface area contributed by atoms with Gasteiger partial charge in [-0.2, -0.15) is 0 Å². The Morgan fingerprint density at radius 2 is 2.11 bits per heavy atom. The number of ether oxygens (including phenoxy) is 1. The summed E-state index contributed by atoms with van der Waals surface area (Å²) in [6, 6.07) is 8.60. The first-order valence-electron chi connectivity index (χ1n) is 5.66. The van der Waals surface area contributed by atoms with Crippen LogP contribution in [0.3, 0.4) is 0 Å². The molecule has 0 spiro atoms. The van der Waals surface area contributed by atoms with Gasteiger partial charge in [0.1, 0.15) is 18.2 Å². The molecule has 0 fully saturated rings. The van der Waals surface area contributed by atoms with Gasteiger partial charge in [0.15, 0.2) is 0 Å². The summed E-state index contributed by atoms with van der Waals surface area (Å²) in [6.45, 7) is 1.89. The fraction of sp³-hybridized carbons (Fsp3) is 0.214. The smallest absolute Gasteiger partial charge is 0.141 e. The van der Waals surface area contributed by atoms with E-state index >= 15 is 0 Å². The van der Waals surface area contributed by atoms with Crippen LogP contribution in [0.1, 0.15) is 24.2 Å². The SMILES string of the molecule is C[C@H](O)c1ccccc1OCc1cncc(F)c1. The lowest BCUT2D eigenvalue weighted by Gasteiger charge is -2.13. The van der Waals surface area contributed by atoms with Gasteiger partial charge in [-0.3, -0.25) is 4.98 Å². The Labute approximate surface area is 105 Å². The van der Waals surface area contributed by atoms with Gasteiger partial charge in [-0.1, -0.05) is 18.2 Å². The van der Waals surface area contributed by atoms with Crippen LogP contribution >= 0.6 is 0 Å². The molecular weight excluding hydrogens is 233 g/mol. The van der Waals surface area contributed by atoms with Crippen LogP contribution in [0.15, 0.2) is 42.7 Å². The fourth-order valence-corrected chi connectivity index (χ4v) is 1.65. The van der Waals surface area contributed by atoms with E-state index in [0.29, 0.717) is 16.9 Å². The monoisotopic (exact) mass is 247 g/mol. The van der Waals surface area contributed by atoms with Gasteiger partial charge in [-0.15, -0.1) is 0 Å². The first-order chi connectivity index (χ1) is 8.66. The summed E-state index contributed by atoms with van der Waals surface area (Å²) >= 11 is 0. The molecule has 4 heteroatoms. The highest BCUT2D eigenvalue weighted by molar-refractivity contribution is 5.34. The number of hydrogen-bond donors (Lipinski definition) is 1. The van der Waals surface area contributed by atoms with Gasteiger partial charge in [0.2, 0.25) is 0 Å². The summed E-state index contributed by atoms with van der Waals surface area (Å²) in [4.78, 5) is 3.75. The van der Waals surface area contributed by atoms with Gasteiger partial charge < -0.3 is 9.84 Å². The summed E-state index contributed by atoms with van der Waals surface area (Å²) in [7, 11) is 0. The molecule has 0 unspecified atom stereocenters.